The molecule has 6 nitrogen and oxygen atoms in total. The van der Waals surface area contributed by atoms with Gasteiger partial charge >= 0.3 is 0 Å². The molecule has 1 aliphatic heterocycles. The Morgan fingerprint density at radius 1 is 1.44 bits per heavy atom. The van der Waals surface area contributed by atoms with Crippen molar-refractivity contribution in [3.8, 4) is 17.2 Å². The SMILES string of the molecule is CS[C@@H]1C(=O)N(C)C(=N)N[C@]1(C)c1cc(-c2cncc(C#N)c2)cs1. The Morgan fingerprint density at radius 2 is 2.20 bits per heavy atom. The molecule has 3 heterocycles. The molecule has 128 valence electrons. The molecule has 25 heavy (non-hydrogen) atoms. The van der Waals surface area contributed by atoms with E-state index < -0.39 is 5.54 Å². The van der Waals surface area contributed by atoms with E-state index in [1.54, 1.807) is 19.3 Å². The van der Waals surface area contributed by atoms with Crippen LogP contribution in [0.2, 0.25) is 0 Å². The first-order valence-corrected chi connectivity index (χ1v) is 9.69. The average molecular weight is 371 g/mol. The van der Waals surface area contributed by atoms with Gasteiger partial charge in [0, 0.05) is 29.9 Å². The van der Waals surface area contributed by atoms with Gasteiger partial charge in [-0.25, -0.2) is 0 Å². The van der Waals surface area contributed by atoms with Crippen molar-refractivity contribution in [1.29, 1.82) is 10.7 Å². The van der Waals surface area contributed by atoms with Gasteiger partial charge in [0.15, 0.2) is 5.96 Å². The molecule has 1 aliphatic rings. The number of rotatable bonds is 3. The predicted molar refractivity (Wildman–Crippen MR) is 101 cm³/mol. The van der Waals surface area contributed by atoms with Crippen molar-refractivity contribution in [3.63, 3.8) is 0 Å². The molecule has 0 saturated carbocycles. The number of hydrogen-bond donors (Lipinski definition) is 2. The summed E-state index contributed by atoms with van der Waals surface area (Å²) in [5.74, 6) is 0.0164. The van der Waals surface area contributed by atoms with Crippen LogP contribution in [0.15, 0.2) is 29.9 Å². The summed E-state index contributed by atoms with van der Waals surface area (Å²) in [6.45, 7) is 1.95. The van der Waals surface area contributed by atoms with E-state index in [1.165, 1.54) is 34.2 Å². The van der Waals surface area contributed by atoms with Gasteiger partial charge in [0.2, 0.25) is 5.91 Å². The van der Waals surface area contributed by atoms with Crippen molar-refractivity contribution in [2.24, 2.45) is 0 Å². The van der Waals surface area contributed by atoms with Crippen LogP contribution >= 0.6 is 23.1 Å². The lowest BCUT2D eigenvalue weighted by Crippen LogP contribution is -2.65. The lowest BCUT2D eigenvalue weighted by atomic mass is 9.91. The molecule has 0 aromatic carbocycles. The van der Waals surface area contributed by atoms with Crippen LogP contribution in [-0.2, 0) is 10.3 Å². The van der Waals surface area contributed by atoms with Gasteiger partial charge < -0.3 is 5.32 Å². The fraction of sp³-hybridized carbons (Fsp3) is 0.294. The van der Waals surface area contributed by atoms with Crippen molar-refractivity contribution in [2.75, 3.05) is 13.3 Å². The van der Waals surface area contributed by atoms with Gasteiger partial charge in [0.05, 0.1) is 11.1 Å². The molecule has 2 atom stereocenters. The van der Waals surface area contributed by atoms with Crippen molar-refractivity contribution in [2.45, 2.75) is 17.7 Å². The molecule has 1 amide bonds. The molecule has 2 aromatic heterocycles. The van der Waals surface area contributed by atoms with Crippen LogP contribution in [0.5, 0.6) is 0 Å². The summed E-state index contributed by atoms with van der Waals surface area (Å²) < 4.78 is 0. The highest BCUT2D eigenvalue weighted by molar-refractivity contribution is 8.00. The van der Waals surface area contributed by atoms with Gasteiger partial charge in [-0.15, -0.1) is 23.1 Å². The van der Waals surface area contributed by atoms with Crippen LogP contribution in [0.1, 0.15) is 17.4 Å². The number of nitrogens with zero attached hydrogens (tertiary/aromatic N) is 3. The number of thiophene rings is 1. The molecule has 0 unspecified atom stereocenters. The highest BCUT2D eigenvalue weighted by atomic mass is 32.2. The molecule has 0 bridgehead atoms. The van der Waals surface area contributed by atoms with Crippen molar-refractivity contribution < 1.29 is 4.79 Å². The van der Waals surface area contributed by atoms with E-state index in [9.17, 15) is 4.79 Å². The van der Waals surface area contributed by atoms with Crippen LogP contribution in [0.3, 0.4) is 0 Å². The fourth-order valence-corrected chi connectivity index (χ4v) is 5.03. The number of guanidine groups is 1. The Kier molecular flexibility index (Phi) is 4.54. The predicted octanol–water partition coefficient (Wildman–Crippen LogP) is 2.62. The molecular formula is C17H17N5OS2. The number of amides is 1. The molecular weight excluding hydrogens is 354 g/mol. The standard InChI is InChI=1S/C17H17N5OS2/c1-17(14(24-3)15(23)22(2)16(19)21-17)13-5-12(9-25-13)11-4-10(6-18)7-20-8-11/h4-5,7-9,14H,1-3H3,(H2,19,21)/t14-,17-/m1/s1. The second kappa shape index (κ2) is 6.50. The molecule has 1 saturated heterocycles. The highest BCUT2D eigenvalue weighted by Crippen LogP contribution is 2.40. The van der Waals surface area contributed by atoms with E-state index >= 15 is 0 Å². The summed E-state index contributed by atoms with van der Waals surface area (Å²) in [7, 11) is 1.61. The Labute approximate surface area is 154 Å². The maximum absolute atomic E-state index is 12.6. The quantitative estimate of drug-likeness (QED) is 0.865. The van der Waals surface area contributed by atoms with Gasteiger partial charge in [-0.1, -0.05) is 0 Å². The number of hydrogen-bond acceptors (Lipinski definition) is 6. The number of carbonyl (C=O) groups is 1. The van der Waals surface area contributed by atoms with Gasteiger partial charge in [-0.05, 0) is 36.3 Å². The molecule has 0 aliphatic carbocycles. The van der Waals surface area contributed by atoms with Crippen molar-refractivity contribution in [1.82, 2.24) is 15.2 Å². The lowest BCUT2D eigenvalue weighted by Gasteiger charge is -2.44. The Balaban J connectivity index is 2.01. The molecule has 8 heteroatoms. The van der Waals surface area contributed by atoms with Crippen LogP contribution in [0, 0.1) is 16.7 Å². The minimum absolute atomic E-state index is 0.0816. The van der Waals surface area contributed by atoms with Gasteiger partial charge in [-0.3, -0.25) is 20.1 Å². The maximum Gasteiger partial charge on any atom is 0.244 e. The van der Waals surface area contributed by atoms with E-state index in [4.69, 9.17) is 10.7 Å². The number of thioether (sulfide) groups is 1. The second-order valence-corrected chi connectivity index (χ2v) is 7.82. The normalized spacial score (nSPS) is 23.3. The number of nitrogens with one attached hydrogen (secondary N) is 2. The zero-order valence-corrected chi connectivity index (χ0v) is 15.7. The van der Waals surface area contributed by atoms with E-state index in [-0.39, 0.29) is 17.1 Å². The summed E-state index contributed by atoms with van der Waals surface area (Å²) in [5.41, 5.74) is 1.65. The molecule has 2 aromatic rings. The van der Waals surface area contributed by atoms with Gasteiger partial charge in [0.25, 0.3) is 0 Å². The molecule has 0 radical (unpaired) electrons. The zero-order chi connectivity index (χ0) is 18.2. The van der Waals surface area contributed by atoms with Gasteiger partial charge in [-0.2, -0.15) is 5.26 Å². The minimum atomic E-state index is -0.663. The van der Waals surface area contributed by atoms with Crippen LogP contribution in [0.4, 0.5) is 0 Å². The van der Waals surface area contributed by atoms with Crippen molar-refractivity contribution in [3.05, 3.63) is 40.3 Å². The summed E-state index contributed by atoms with van der Waals surface area (Å²) in [5, 5.41) is 22.0. The second-order valence-electron chi connectivity index (χ2n) is 5.96. The number of carbonyl (C=O) groups excluding carboxylic acids is 1. The highest BCUT2D eigenvalue weighted by Gasteiger charge is 2.48. The smallest absolute Gasteiger partial charge is 0.244 e. The Hall–Kier alpha value is -2.37. The number of aromatic nitrogens is 1. The topological polar surface area (TPSA) is 92.9 Å². The zero-order valence-electron chi connectivity index (χ0n) is 14.0. The summed E-state index contributed by atoms with van der Waals surface area (Å²) in [6, 6.07) is 5.89. The molecule has 2 N–H and O–H groups in total. The largest absolute Gasteiger partial charge is 0.344 e. The monoisotopic (exact) mass is 371 g/mol. The van der Waals surface area contributed by atoms with Crippen molar-refractivity contribution >= 4 is 35.0 Å². The molecule has 3 rings (SSSR count). The number of pyridine rings is 1. The van der Waals surface area contributed by atoms with Gasteiger partial charge in [0.1, 0.15) is 11.3 Å². The summed E-state index contributed by atoms with van der Waals surface area (Å²) >= 11 is 3.01. The average Bonchev–Trinajstić information content (AvgIpc) is 3.11. The first-order chi connectivity index (χ1) is 11.9. The first-order valence-electron chi connectivity index (χ1n) is 7.52. The third-order valence-corrected chi connectivity index (χ3v) is 6.65. The third kappa shape index (κ3) is 2.90. The van der Waals surface area contributed by atoms with Crippen LogP contribution in [0.25, 0.3) is 11.1 Å². The minimum Gasteiger partial charge on any atom is -0.344 e. The molecule has 1 fully saturated rings. The van der Waals surface area contributed by atoms with E-state index in [0.29, 0.717) is 5.56 Å². The van der Waals surface area contributed by atoms with Crippen LogP contribution in [-0.4, -0.2) is 40.3 Å². The first kappa shape index (κ1) is 17.5. The Bertz CT molecular complexity index is 887. The lowest BCUT2D eigenvalue weighted by molar-refractivity contribution is -0.128. The molecule has 0 spiro atoms. The summed E-state index contributed by atoms with van der Waals surface area (Å²) in [4.78, 5) is 19.0. The van der Waals surface area contributed by atoms with E-state index in [0.717, 1.165) is 16.0 Å². The van der Waals surface area contributed by atoms with E-state index in [2.05, 4.69) is 16.4 Å². The third-order valence-electron chi connectivity index (χ3n) is 4.34. The van der Waals surface area contributed by atoms with Crippen LogP contribution < -0.4 is 5.32 Å². The fourth-order valence-electron chi connectivity index (χ4n) is 2.87. The van der Waals surface area contributed by atoms with E-state index in [1.807, 2.05) is 24.6 Å². The Morgan fingerprint density at radius 3 is 2.88 bits per heavy atom. The maximum atomic E-state index is 12.6. The summed E-state index contributed by atoms with van der Waals surface area (Å²) in [6.07, 6.45) is 5.15. The number of nitriles is 1.